The van der Waals surface area contributed by atoms with Crippen molar-refractivity contribution in [1.82, 2.24) is 4.90 Å². The summed E-state index contributed by atoms with van der Waals surface area (Å²) in [5.74, 6) is -1.51. The predicted octanol–water partition coefficient (Wildman–Crippen LogP) is 0.267. The number of benzene rings is 1. The first-order valence-corrected chi connectivity index (χ1v) is 10.7. The number of hydrogen-bond donors (Lipinski definition) is 1. The summed E-state index contributed by atoms with van der Waals surface area (Å²) in [6, 6.07) is 7.63. The molecule has 2 fully saturated rings. The van der Waals surface area contributed by atoms with Gasteiger partial charge in [-0.3, -0.25) is 14.5 Å². The lowest BCUT2D eigenvalue weighted by Crippen LogP contribution is -2.98. The third-order valence-corrected chi connectivity index (χ3v) is 6.68. The minimum atomic E-state index is -1.08. The maximum absolute atomic E-state index is 13.0. The monoisotopic (exact) mass is 406 g/mol. The standard InChI is InChI=1S/C20H27N3O4S/c1-22(2)13-8-6-12(7-9-13)16-14-15(18(25)23(3)17(14)24)20(21-16,10-11-28-5)19(26)27-4/h6-9,14-16,21H,10-11H2,1-5H3/p+1/t14-,15+,16-,20-/m1/s1. The third kappa shape index (κ3) is 3.08. The zero-order valence-corrected chi connectivity index (χ0v) is 17.8. The number of amides is 2. The Hall–Kier alpha value is -2.06. The van der Waals surface area contributed by atoms with E-state index in [1.165, 1.54) is 19.1 Å². The van der Waals surface area contributed by atoms with Gasteiger partial charge in [0.15, 0.2) is 0 Å². The largest absolute Gasteiger partial charge is 0.464 e. The average molecular weight is 407 g/mol. The number of thioether (sulfide) groups is 1. The predicted molar refractivity (Wildman–Crippen MR) is 108 cm³/mol. The average Bonchev–Trinajstić information content (AvgIpc) is 3.16. The maximum Gasteiger partial charge on any atom is 0.368 e. The molecule has 2 aliphatic heterocycles. The molecule has 2 aliphatic rings. The van der Waals surface area contributed by atoms with Gasteiger partial charge in [0.05, 0.1) is 7.11 Å². The molecule has 0 saturated carbocycles. The smallest absolute Gasteiger partial charge is 0.368 e. The van der Waals surface area contributed by atoms with E-state index in [-0.39, 0.29) is 17.9 Å². The molecule has 3 rings (SSSR count). The molecule has 1 aromatic rings. The van der Waals surface area contributed by atoms with Gasteiger partial charge in [-0.1, -0.05) is 12.1 Å². The number of hydrogen-bond acceptors (Lipinski definition) is 6. The van der Waals surface area contributed by atoms with Crippen molar-refractivity contribution >= 4 is 35.2 Å². The van der Waals surface area contributed by atoms with Gasteiger partial charge in [0.25, 0.3) is 0 Å². The number of anilines is 1. The lowest BCUT2D eigenvalue weighted by molar-refractivity contribution is -0.734. The molecule has 7 nitrogen and oxygen atoms in total. The van der Waals surface area contributed by atoms with E-state index in [0.717, 1.165) is 11.3 Å². The first kappa shape index (κ1) is 20.7. The number of methoxy groups -OCH3 is 1. The Bertz CT molecular complexity index is 782. The molecule has 0 unspecified atom stereocenters. The molecule has 2 N–H and O–H groups in total. The van der Waals surface area contributed by atoms with Crippen LogP contribution in [0.15, 0.2) is 24.3 Å². The number of likely N-dealkylation sites (tertiary alicyclic amines) is 1. The van der Waals surface area contributed by atoms with Gasteiger partial charge in [-0.2, -0.15) is 11.8 Å². The Kier molecular flexibility index (Phi) is 5.72. The fourth-order valence-electron chi connectivity index (χ4n) is 4.56. The number of nitrogens with zero attached hydrogens (tertiary/aromatic N) is 2. The fraction of sp³-hybridized carbons (Fsp3) is 0.550. The van der Waals surface area contributed by atoms with E-state index in [2.05, 4.69) is 0 Å². The van der Waals surface area contributed by atoms with Crippen molar-refractivity contribution < 1.29 is 24.4 Å². The SMILES string of the molecule is COC(=O)[C@]1(CCSC)[NH2+][C@H](c2ccc(N(C)C)cc2)[C@@H]2C(=O)N(C)C(=O)[C@H]21. The van der Waals surface area contributed by atoms with Crippen LogP contribution in [0.2, 0.25) is 0 Å². The van der Waals surface area contributed by atoms with Crippen LogP contribution < -0.4 is 10.2 Å². The Morgan fingerprint density at radius 3 is 2.43 bits per heavy atom. The molecule has 0 aromatic heterocycles. The maximum atomic E-state index is 13.0. The molecule has 8 heteroatoms. The highest BCUT2D eigenvalue weighted by Gasteiger charge is 2.71. The van der Waals surface area contributed by atoms with Crippen LogP contribution >= 0.6 is 11.8 Å². The summed E-state index contributed by atoms with van der Waals surface area (Å²) in [6.07, 6.45) is 2.43. The molecule has 0 aliphatic carbocycles. The summed E-state index contributed by atoms with van der Waals surface area (Å²) in [4.78, 5) is 42.0. The first-order valence-electron chi connectivity index (χ1n) is 9.30. The summed E-state index contributed by atoms with van der Waals surface area (Å²) in [5.41, 5.74) is 0.906. The van der Waals surface area contributed by atoms with Gasteiger partial charge < -0.3 is 15.0 Å². The second-order valence-corrected chi connectivity index (χ2v) is 8.68. The van der Waals surface area contributed by atoms with Gasteiger partial charge in [0.2, 0.25) is 17.4 Å². The van der Waals surface area contributed by atoms with Gasteiger partial charge in [0.1, 0.15) is 17.9 Å². The molecule has 2 amide bonds. The van der Waals surface area contributed by atoms with E-state index >= 15 is 0 Å². The zero-order valence-electron chi connectivity index (χ0n) is 17.0. The van der Waals surface area contributed by atoms with Crippen LogP contribution in [-0.2, 0) is 19.1 Å². The number of esters is 1. The number of carbonyl (C=O) groups excluding carboxylic acids is 3. The Morgan fingerprint density at radius 2 is 1.89 bits per heavy atom. The summed E-state index contributed by atoms with van der Waals surface area (Å²) >= 11 is 1.61. The van der Waals surface area contributed by atoms with Gasteiger partial charge in [0, 0.05) is 38.8 Å². The first-order chi connectivity index (χ1) is 13.3. The Balaban J connectivity index is 2.08. The molecule has 0 bridgehead atoms. The second-order valence-electron chi connectivity index (χ2n) is 7.69. The van der Waals surface area contributed by atoms with Crippen LogP contribution in [0.3, 0.4) is 0 Å². The van der Waals surface area contributed by atoms with E-state index in [0.29, 0.717) is 12.2 Å². The van der Waals surface area contributed by atoms with Gasteiger partial charge in [-0.25, -0.2) is 4.79 Å². The number of ether oxygens (including phenoxy) is 1. The van der Waals surface area contributed by atoms with E-state index in [9.17, 15) is 14.4 Å². The van der Waals surface area contributed by atoms with Crippen LogP contribution in [0.4, 0.5) is 5.69 Å². The van der Waals surface area contributed by atoms with E-state index in [1.807, 2.05) is 54.8 Å². The van der Waals surface area contributed by atoms with Crippen LogP contribution in [0.1, 0.15) is 18.0 Å². The number of rotatable bonds is 6. The summed E-state index contributed by atoms with van der Waals surface area (Å²) in [5, 5.41) is 1.91. The molecule has 4 atom stereocenters. The van der Waals surface area contributed by atoms with E-state index < -0.39 is 23.3 Å². The minimum absolute atomic E-state index is 0.220. The van der Waals surface area contributed by atoms with Crippen LogP contribution in [-0.4, -0.2) is 68.5 Å². The Morgan fingerprint density at radius 1 is 1.25 bits per heavy atom. The van der Waals surface area contributed by atoms with Crippen molar-refractivity contribution in [1.29, 1.82) is 0 Å². The molecule has 1 aromatic carbocycles. The molecule has 2 heterocycles. The van der Waals surface area contributed by atoms with Crippen LogP contribution in [0.25, 0.3) is 0 Å². The van der Waals surface area contributed by atoms with Crippen molar-refractivity contribution in [2.45, 2.75) is 18.0 Å². The zero-order chi connectivity index (χ0) is 20.6. The highest BCUT2D eigenvalue weighted by Crippen LogP contribution is 2.45. The van der Waals surface area contributed by atoms with Crippen molar-refractivity contribution in [2.24, 2.45) is 11.8 Å². The fourth-order valence-corrected chi connectivity index (χ4v) is 5.10. The number of fused-ring (bicyclic) bond motifs is 1. The van der Waals surface area contributed by atoms with Gasteiger partial charge in [-0.15, -0.1) is 0 Å². The third-order valence-electron chi connectivity index (χ3n) is 6.07. The lowest BCUT2D eigenvalue weighted by Gasteiger charge is -2.28. The minimum Gasteiger partial charge on any atom is -0.464 e. The van der Waals surface area contributed by atoms with Crippen molar-refractivity contribution in [3.8, 4) is 0 Å². The summed E-state index contributed by atoms with van der Waals surface area (Å²) < 4.78 is 5.13. The molecule has 152 valence electrons. The van der Waals surface area contributed by atoms with Crippen LogP contribution in [0, 0.1) is 11.8 Å². The molecule has 0 spiro atoms. The molecule has 28 heavy (non-hydrogen) atoms. The quantitative estimate of drug-likeness (QED) is 0.539. The van der Waals surface area contributed by atoms with Crippen molar-refractivity contribution in [3.05, 3.63) is 29.8 Å². The van der Waals surface area contributed by atoms with Gasteiger partial charge >= 0.3 is 5.97 Å². The van der Waals surface area contributed by atoms with Crippen molar-refractivity contribution in [2.75, 3.05) is 45.2 Å². The highest BCUT2D eigenvalue weighted by molar-refractivity contribution is 7.98. The summed E-state index contributed by atoms with van der Waals surface area (Å²) in [6.45, 7) is 0. The lowest BCUT2D eigenvalue weighted by atomic mass is 9.78. The summed E-state index contributed by atoms with van der Waals surface area (Å²) in [7, 11) is 6.78. The molecule has 2 saturated heterocycles. The number of imide groups is 1. The molecular weight excluding hydrogens is 378 g/mol. The van der Waals surface area contributed by atoms with Gasteiger partial charge in [-0.05, 0) is 24.1 Å². The second kappa shape index (κ2) is 7.75. The molecule has 0 radical (unpaired) electrons. The van der Waals surface area contributed by atoms with E-state index in [1.54, 1.807) is 11.8 Å². The van der Waals surface area contributed by atoms with Crippen molar-refractivity contribution in [3.63, 3.8) is 0 Å². The van der Waals surface area contributed by atoms with Crippen LogP contribution in [0.5, 0.6) is 0 Å². The topological polar surface area (TPSA) is 83.5 Å². The number of quaternary nitrogens is 1. The highest BCUT2D eigenvalue weighted by atomic mass is 32.2. The number of carbonyl (C=O) groups is 3. The molecular formula is C20H28N3O4S+. The normalized spacial score (nSPS) is 29.2. The van der Waals surface area contributed by atoms with E-state index in [4.69, 9.17) is 4.74 Å². The number of nitrogens with two attached hydrogens (primary N) is 1. The Labute approximate surface area is 169 Å².